The van der Waals surface area contributed by atoms with Gasteiger partial charge in [-0.2, -0.15) is 13.2 Å². The van der Waals surface area contributed by atoms with Crippen molar-refractivity contribution in [2.45, 2.75) is 25.9 Å². The molecule has 39 heavy (non-hydrogen) atoms. The van der Waals surface area contributed by atoms with Crippen LogP contribution in [0.25, 0.3) is 16.9 Å². The van der Waals surface area contributed by atoms with Crippen LogP contribution < -0.4 is 10.1 Å². The quantitative estimate of drug-likeness (QED) is 0.325. The fraction of sp³-hybridized carbons (Fsp3) is 0.286. The van der Waals surface area contributed by atoms with Gasteiger partial charge < -0.3 is 10.1 Å². The molecule has 202 valence electrons. The highest BCUT2D eigenvalue weighted by Crippen LogP contribution is 2.38. The molecule has 0 bridgehead atoms. The van der Waals surface area contributed by atoms with E-state index in [-0.39, 0.29) is 23.6 Å². The Hall–Kier alpha value is -4.25. The van der Waals surface area contributed by atoms with Gasteiger partial charge in [0.15, 0.2) is 0 Å². The lowest BCUT2D eigenvalue weighted by Crippen LogP contribution is -2.25. The van der Waals surface area contributed by atoms with Gasteiger partial charge in [-0.25, -0.2) is 4.68 Å². The molecule has 2 aromatic heterocycles. The van der Waals surface area contributed by atoms with Crippen LogP contribution in [0, 0.1) is 6.92 Å². The molecule has 3 heterocycles. The molecule has 1 N–H and O–H groups in total. The minimum absolute atomic E-state index is 0.0148. The van der Waals surface area contributed by atoms with E-state index >= 15 is 0 Å². The highest BCUT2D eigenvalue weighted by molar-refractivity contribution is 6.04. The van der Waals surface area contributed by atoms with E-state index < -0.39 is 17.6 Å². The number of amides is 1. The van der Waals surface area contributed by atoms with Crippen molar-refractivity contribution in [3.8, 4) is 22.7 Å². The molecule has 5 rings (SSSR count). The molecule has 1 aliphatic heterocycles. The van der Waals surface area contributed by atoms with Crippen LogP contribution in [0.4, 0.5) is 18.9 Å². The maximum atomic E-state index is 13.8. The average Bonchev–Trinajstić information content (AvgIpc) is 3.62. The van der Waals surface area contributed by atoms with Gasteiger partial charge in [-0.15, -0.1) is 5.10 Å². The minimum atomic E-state index is -4.64. The molecule has 1 fully saturated rings. The fourth-order valence-electron chi connectivity index (χ4n) is 4.47. The van der Waals surface area contributed by atoms with Crippen molar-refractivity contribution in [2.24, 2.45) is 0 Å². The third-order valence-electron chi connectivity index (χ3n) is 6.58. The second-order valence-electron chi connectivity index (χ2n) is 9.35. The number of nitrogens with zero attached hydrogens (tertiary/aromatic N) is 5. The van der Waals surface area contributed by atoms with E-state index in [1.165, 1.54) is 12.1 Å². The SMILES string of the molecule is Cc1ccc(C(=O)Nc2ccc(OCCN3CCCC3)c(C(F)(F)F)c2)cc1-n1cc(-c2cccnc2)nn1. The van der Waals surface area contributed by atoms with Gasteiger partial charge in [0.1, 0.15) is 18.1 Å². The summed E-state index contributed by atoms with van der Waals surface area (Å²) in [4.78, 5) is 19.3. The van der Waals surface area contributed by atoms with Gasteiger partial charge in [0.25, 0.3) is 5.91 Å². The zero-order valence-electron chi connectivity index (χ0n) is 21.3. The van der Waals surface area contributed by atoms with Crippen molar-refractivity contribution in [3.05, 3.63) is 83.8 Å². The maximum Gasteiger partial charge on any atom is 0.420 e. The zero-order chi connectivity index (χ0) is 27.4. The number of halogens is 3. The van der Waals surface area contributed by atoms with Crippen LogP contribution in [-0.2, 0) is 6.18 Å². The summed E-state index contributed by atoms with van der Waals surface area (Å²) in [6.45, 7) is 4.46. The predicted molar refractivity (Wildman–Crippen MR) is 140 cm³/mol. The van der Waals surface area contributed by atoms with Gasteiger partial charge in [0, 0.05) is 35.8 Å². The van der Waals surface area contributed by atoms with Gasteiger partial charge in [-0.3, -0.25) is 14.7 Å². The number of benzene rings is 2. The van der Waals surface area contributed by atoms with E-state index in [0.29, 0.717) is 17.9 Å². The first kappa shape index (κ1) is 26.4. The largest absolute Gasteiger partial charge is 0.492 e. The van der Waals surface area contributed by atoms with E-state index in [1.807, 2.05) is 13.0 Å². The van der Waals surface area contributed by atoms with E-state index in [0.717, 1.165) is 43.1 Å². The number of aromatic nitrogens is 4. The molecule has 4 aromatic rings. The Kier molecular flexibility index (Phi) is 7.60. The third kappa shape index (κ3) is 6.26. The van der Waals surface area contributed by atoms with Crippen molar-refractivity contribution >= 4 is 11.6 Å². The number of aryl methyl sites for hydroxylation is 1. The number of nitrogens with one attached hydrogen (secondary N) is 1. The van der Waals surface area contributed by atoms with Crippen LogP contribution in [0.3, 0.4) is 0 Å². The Morgan fingerprint density at radius 1 is 1.10 bits per heavy atom. The number of carbonyl (C=O) groups excluding carboxylic acids is 1. The molecule has 0 saturated carbocycles. The molecular formula is C28H27F3N6O2. The van der Waals surface area contributed by atoms with Crippen LogP contribution >= 0.6 is 0 Å². The summed E-state index contributed by atoms with van der Waals surface area (Å²) in [5.74, 6) is -0.812. The minimum Gasteiger partial charge on any atom is -0.492 e. The van der Waals surface area contributed by atoms with Crippen molar-refractivity contribution < 1.29 is 22.7 Å². The normalized spacial score (nSPS) is 13.9. The molecule has 0 radical (unpaired) electrons. The third-order valence-corrected chi connectivity index (χ3v) is 6.58. The van der Waals surface area contributed by atoms with Gasteiger partial charge >= 0.3 is 6.18 Å². The molecular weight excluding hydrogens is 509 g/mol. The molecule has 0 unspecified atom stereocenters. The molecule has 1 saturated heterocycles. The summed E-state index contributed by atoms with van der Waals surface area (Å²) in [5.41, 5.74) is 2.19. The molecule has 8 nitrogen and oxygen atoms in total. The summed E-state index contributed by atoms with van der Waals surface area (Å²) in [7, 11) is 0. The Balaban J connectivity index is 1.32. The number of pyridine rings is 1. The Bertz CT molecular complexity index is 1450. The number of rotatable bonds is 8. The first-order valence-electron chi connectivity index (χ1n) is 12.6. The summed E-state index contributed by atoms with van der Waals surface area (Å²) >= 11 is 0. The summed E-state index contributed by atoms with van der Waals surface area (Å²) in [6.07, 6.45) is 2.60. The highest BCUT2D eigenvalue weighted by atomic mass is 19.4. The number of hydrogen-bond donors (Lipinski definition) is 1. The number of likely N-dealkylation sites (tertiary alicyclic amines) is 1. The molecule has 0 spiro atoms. The van der Waals surface area contributed by atoms with Crippen LogP contribution in [0.2, 0.25) is 0 Å². The number of hydrogen-bond acceptors (Lipinski definition) is 6. The summed E-state index contributed by atoms with van der Waals surface area (Å²) in [5, 5.41) is 10.9. The first-order valence-corrected chi connectivity index (χ1v) is 12.6. The van der Waals surface area contributed by atoms with Crippen molar-refractivity contribution in [3.63, 3.8) is 0 Å². The predicted octanol–water partition coefficient (Wildman–Crippen LogP) is 5.38. The second kappa shape index (κ2) is 11.2. The number of ether oxygens (including phenoxy) is 1. The van der Waals surface area contributed by atoms with Gasteiger partial charge in [-0.05, 0) is 80.9 Å². The molecule has 1 aliphatic rings. The Morgan fingerprint density at radius 2 is 1.92 bits per heavy atom. The average molecular weight is 537 g/mol. The maximum absolute atomic E-state index is 13.8. The lowest BCUT2D eigenvalue weighted by atomic mass is 10.1. The van der Waals surface area contributed by atoms with E-state index in [2.05, 4.69) is 25.5 Å². The smallest absolute Gasteiger partial charge is 0.420 e. The van der Waals surface area contributed by atoms with Crippen molar-refractivity contribution in [1.82, 2.24) is 24.9 Å². The zero-order valence-corrected chi connectivity index (χ0v) is 21.3. The molecule has 1 amide bonds. The first-order chi connectivity index (χ1) is 18.8. The van der Waals surface area contributed by atoms with Crippen molar-refractivity contribution in [2.75, 3.05) is 31.6 Å². The van der Waals surface area contributed by atoms with E-state index in [4.69, 9.17) is 4.74 Å². The Morgan fingerprint density at radius 3 is 2.67 bits per heavy atom. The molecule has 0 atom stereocenters. The number of alkyl halides is 3. The van der Waals surface area contributed by atoms with Crippen LogP contribution in [0.15, 0.2) is 67.1 Å². The summed E-state index contributed by atoms with van der Waals surface area (Å²) < 4.78 is 48.4. The molecule has 11 heteroatoms. The Labute approximate surface area is 223 Å². The fourth-order valence-corrected chi connectivity index (χ4v) is 4.47. The lowest BCUT2D eigenvalue weighted by molar-refractivity contribution is -0.138. The van der Waals surface area contributed by atoms with Crippen LogP contribution in [0.1, 0.15) is 34.3 Å². The van der Waals surface area contributed by atoms with Gasteiger partial charge in [0.05, 0.1) is 17.4 Å². The van der Waals surface area contributed by atoms with Crippen LogP contribution in [-0.4, -0.2) is 57.0 Å². The van der Waals surface area contributed by atoms with Gasteiger partial charge in [0.2, 0.25) is 0 Å². The highest BCUT2D eigenvalue weighted by Gasteiger charge is 2.35. The standard InChI is InChI=1S/C28H27F3N6O2/c1-19-6-7-20(15-25(19)37-18-24(34-35-37)21-5-4-10-32-17-21)27(38)33-22-8-9-26(23(16-22)28(29,30)31)39-14-13-36-11-2-3-12-36/h4-10,15-18H,2-3,11-14H2,1H3,(H,33,38). The molecule has 0 aliphatic carbocycles. The van der Waals surface area contributed by atoms with Crippen LogP contribution in [0.5, 0.6) is 5.75 Å². The monoisotopic (exact) mass is 536 g/mol. The summed E-state index contributed by atoms with van der Waals surface area (Å²) in [6, 6.07) is 12.2. The lowest BCUT2D eigenvalue weighted by Gasteiger charge is -2.18. The second-order valence-corrected chi connectivity index (χ2v) is 9.35. The van der Waals surface area contributed by atoms with E-state index in [9.17, 15) is 18.0 Å². The number of anilines is 1. The van der Waals surface area contributed by atoms with E-state index in [1.54, 1.807) is 47.5 Å². The van der Waals surface area contributed by atoms with Crippen molar-refractivity contribution in [1.29, 1.82) is 0 Å². The molecule has 2 aromatic carbocycles. The van der Waals surface area contributed by atoms with Gasteiger partial charge in [-0.1, -0.05) is 11.3 Å². The number of carbonyl (C=O) groups is 1. The topological polar surface area (TPSA) is 85.2 Å².